The minimum Gasteiger partial charge on any atom is -0.396 e. The third kappa shape index (κ3) is 2.61. The molecule has 0 fully saturated rings. The number of thioether (sulfide) groups is 1. The van der Waals surface area contributed by atoms with E-state index in [4.69, 9.17) is 10.8 Å². The summed E-state index contributed by atoms with van der Waals surface area (Å²) in [7, 11) is 0. The minimum absolute atomic E-state index is 0.0710. The zero-order chi connectivity index (χ0) is 10.6. The van der Waals surface area contributed by atoms with Crippen LogP contribution < -0.4 is 5.73 Å². The van der Waals surface area contributed by atoms with Crippen molar-refractivity contribution >= 4 is 23.1 Å². The first-order valence-electron chi connectivity index (χ1n) is 3.92. The second-order valence-corrected chi connectivity index (χ2v) is 3.72. The Morgan fingerprint density at radius 3 is 2.79 bits per heavy atom. The van der Waals surface area contributed by atoms with Crippen molar-refractivity contribution in [2.45, 2.75) is 4.90 Å². The number of hydrogen-bond acceptors (Lipinski definition) is 5. The topological polar surface area (TPSA) is 89.4 Å². The van der Waals surface area contributed by atoms with Crippen LogP contribution >= 0.6 is 11.8 Å². The molecule has 0 atom stereocenters. The third-order valence-corrected chi connectivity index (χ3v) is 2.53. The van der Waals surface area contributed by atoms with Gasteiger partial charge in [-0.2, -0.15) is 0 Å². The van der Waals surface area contributed by atoms with Crippen LogP contribution in [0, 0.1) is 10.1 Å². The summed E-state index contributed by atoms with van der Waals surface area (Å²) in [6.07, 6.45) is 0. The van der Waals surface area contributed by atoms with Crippen LogP contribution in [0.25, 0.3) is 0 Å². The number of hydrogen-bond donors (Lipinski definition) is 2. The molecular weight excluding hydrogens is 204 g/mol. The highest BCUT2D eigenvalue weighted by molar-refractivity contribution is 7.99. The van der Waals surface area contributed by atoms with Crippen molar-refractivity contribution in [1.29, 1.82) is 0 Å². The molecule has 0 saturated heterocycles. The fraction of sp³-hybridized carbons (Fsp3) is 0.250. The Balaban J connectivity index is 2.83. The van der Waals surface area contributed by atoms with Crippen molar-refractivity contribution in [1.82, 2.24) is 0 Å². The molecule has 0 aromatic heterocycles. The van der Waals surface area contributed by atoms with Gasteiger partial charge in [0.1, 0.15) is 5.69 Å². The summed E-state index contributed by atoms with van der Waals surface area (Å²) in [5.41, 5.74) is 5.54. The molecule has 0 amide bonds. The summed E-state index contributed by atoms with van der Waals surface area (Å²) in [6.45, 7) is 0.0710. The van der Waals surface area contributed by atoms with Crippen molar-refractivity contribution in [2.75, 3.05) is 18.1 Å². The van der Waals surface area contributed by atoms with Gasteiger partial charge in [0.25, 0.3) is 5.69 Å². The van der Waals surface area contributed by atoms with Gasteiger partial charge in [0.05, 0.1) is 11.5 Å². The van der Waals surface area contributed by atoms with Crippen LogP contribution in [-0.2, 0) is 0 Å². The molecule has 0 heterocycles. The van der Waals surface area contributed by atoms with Crippen LogP contribution in [0.15, 0.2) is 23.1 Å². The van der Waals surface area contributed by atoms with E-state index in [1.807, 2.05) is 0 Å². The number of aliphatic hydroxyl groups excluding tert-OH is 1. The maximum absolute atomic E-state index is 10.4. The molecule has 0 bridgehead atoms. The molecule has 0 unspecified atom stereocenters. The number of anilines is 1. The number of nitro benzene ring substituents is 1. The molecule has 1 rings (SSSR count). The van der Waals surface area contributed by atoms with E-state index in [0.29, 0.717) is 5.75 Å². The standard InChI is InChI=1S/C8H10N2O3S/c9-7-5-6(14-4-3-11)1-2-8(7)10(12)13/h1-2,5,11H,3-4,9H2. The quantitative estimate of drug-likeness (QED) is 0.341. The first kappa shape index (κ1) is 10.8. The number of aliphatic hydroxyl groups is 1. The number of nitrogens with zero attached hydrogens (tertiary/aromatic N) is 1. The minimum atomic E-state index is -0.518. The second-order valence-electron chi connectivity index (χ2n) is 2.55. The molecule has 0 saturated carbocycles. The lowest BCUT2D eigenvalue weighted by molar-refractivity contribution is -0.383. The van der Waals surface area contributed by atoms with Gasteiger partial charge in [0, 0.05) is 16.7 Å². The number of nitrogens with two attached hydrogens (primary N) is 1. The summed E-state index contributed by atoms with van der Waals surface area (Å²) in [4.78, 5) is 10.7. The molecule has 0 aliphatic heterocycles. The lowest BCUT2D eigenvalue weighted by Gasteiger charge is -2.01. The summed E-state index contributed by atoms with van der Waals surface area (Å²) >= 11 is 1.40. The Kier molecular flexibility index (Phi) is 3.73. The van der Waals surface area contributed by atoms with E-state index < -0.39 is 4.92 Å². The highest BCUT2D eigenvalue weighted by Gasteiger charge is 2.10. The molecule has 0 aliphatic carbocycles. The molecule has 5 nitrogen and oxygen atoms in total. The van der Waals surface area contributed by atoms with Crippen molar-refractivity contribution < 1.29 is 10.0 Å². The molecule has 3 N–H and O–H groups in total. The predicted octanol–water partition coefficient (Wildman–Crippen LogP) is 1.26. The van der Waals surface area contributed by atoms with Crippen molar-refractivity contribution in [3.8, 4) is 0 Å². The van der Waals surface area contributed by atoms with Gasteiger partial charge in [0.2, 0.25) is 0 Å². The highest BCUT2D eigenvalue weighted by Crippen LogP contribution is 2.27. The molecular formula is C8H10N2O3S. The average Bonchev–Trinajstić information content (AvgIpc) is 2.14. The Bertz CT molecular complexity index is 343. The molecule has 1 aromatic rings. The van der Waals surface area contributed by atoms with E-state index in [1.165, 1.54) is 17.8 Å². The van der Waals surface area contributed by atoms with Gasteiger partial charge in [-0.1, -0.05) is 0 Å². The van der Waals surface area contributed by atoms with Crippen molar-refractivity contribution in [3.05, 3.63) is 28.3 Å². The van der Waals surface area contributed by atoms with E-state index in [-0.39, 0.29) is 18.0 Å². The van der Waals surface area contributed by atoms with Gasteiger partial charge in [-0.15, -0.1) is 11.8 Å². The lowest BCUT2D eigenvalue weighted by atomic mass is 10.3. The first-order valence-corrected chi connectivity index (χ1v) is 4.91. The van der Waals surface area contributed by atoms with E-state index in [0.717, 1.165) is 4.90 Å². The van der Waals surface area contributed by atoms with Crippen molar-refractivity contribution in [3.63, 3.8) is 0 Å². The summed E-state index contributed by atoms with van der Waals surface area (Å²) < 4.78 is 0. The molecule has 0 aliphatic rings. The van der Waals surface area contributed by atoms with Gasteiger partial charge in [-0.05, 0) is 12.1 Å². The zero-order valence-corrected chi connectivity index (χ0v) is 8.16. The van der Waals surface area contributed by atoms with E-state index in [2.05, 4.69) is 0 Å². The zero-order valence-electron chi connectivity index (χ0n) is 7.34. The molecule has 0 spiro atoms. The molecule has 6 heteroatoms. The van der Waals surface area contributed by atoms with Crippen molar-refractivity contribution in [2.24, 2.45) is 0 Å². The number of benzene rings is 1. The SMILES string of the molecule is Nc1cc(SCCO)ccc1[N+](=O)[O-]. The van der Waals surface area contributed by atoms with Crippen LogP contribution in [0.2, 0.25) is 0 Å². The third-order valence-electron chi connectivity index (χ3n) is 1.56. The smallest absolute Gasteiger partial charge is 0.292 e. The van der Waals surface area contributed by atoms with Crippen LogP contribution in [-0.4, -0.2) is 22.4 Å². The van der Waals surface area contributed by atoms with Gasteiger partial charge >= 0.3 is 0 Å². The maximum Gasteiger partial charge on any atom is 0.292 e. The monoisotopic (exact) mass is 214 g/mol. The van der Waals surface area contributed by atoms with Gasteiger partial charge in [-0.25, -0.2) is 0 Å². The highest BCUT2D eigenvalue weighted by atomic mass is 32.2. The lowest BCUT2D eigenvalue weighted by Crippen LogP contribution is -1.95. The van der Waals surface area contributed by atoms with E-state index in [1.54, 1.807) is 12.1 Å². The number of nitro groups is 1. The average molecular weight is 214 g/mol. The number of rotatable bonds is 4. The van der Waals surface area contributed by atoms with Gasteiger partial charge in [-0.3, -0.25) is 10.1 Å². The van der Waals surface area contributed by atoms with Crippen LogP contribution in [0.1, 0.15) is 0 Å². The van der Waals surface area contributed by atoms with Crippen LogP contribution in [0.3, 0.4) is 0 Å². The summed E-state index contributed by atoms with van der Waals surface area (Å²) in [6, 6.07) is 4.53. The maximum atomic E-state index is 10.4. The molecule has 76 valence electrons. The summed E-state index contributed by atoms with van der Waals surface area (Å²) in [5.74, 6) is 0.553. The largest absolute Gasteiger partial charge is 0.396 e. The Labute approximate surface area is 85.1 Å². The molecule has 14 heavy (non-hydrogen) atoms. The van der Waals surface area contributed by atoms with Crippen LogP contribution in [0.4, 0.5) is 11.4 Å². The normalized spacial score (nSPS) is 10.1. The molecule has 0 radical (unpaired) electrons. The predicted molar refractivity (Wildman–Crippen MR) is 55.3 cm³/mol. The Morgan fingerprint density at radius 2 is 2.29 bits per heavy atom. The number of nitrogen functional groups attached to an aromatic ring is 1. The van der Waals surface area contributed by atoms with E-state index >= 15 is 0 Å². The van der Waals surface area contributed by atoms with Gasteiger partial charge < -0.3 is 10.8 Å². The Hall–Kier alpha value is -1.27. The summed E-state index contributed by atoms with van der Waals surface area (Å²) in [5, 5.41) is 19.0. The van der Waals surface area contributed by atoms with Gasteiger partial charge in [0.15, 0.2) is 0 Å². The second kappa shape index (κ2) is 4.83. The van der Waals surface area contributed by atoms with Crippen LogP contribution in [0.5, 0.6) is 0 Å². The Morgan fingerprint density at radius 1 is 1.57 bits per heavy atom. The fourth-order valence-electron chi connectivity index (χ4n) is 0.952. The molecule has 1 aromatic carbocycles. The fourth-order valence-corrected chi connectivity index (χ4v) is 1.65. The van der Waals surface area contributed by atoms with E-state index in [9.17, 15) is 10.1 Å². The first-order chi connectivity index (χ1) is 6.65.